The summed E-state index contributed by atoms with van der Waals surface area (Å²) >= 11 is 3.03. The average Bonchev–Trinajstić information content (AvgIpc) is 2.42. The van der Waals surface area contributed by atoms with Crippen LogP contribution >= 0.6 is 15.9 Å². The van der Waals surface area contributed by atoms with Crippen LogP contribution in [-0.2, 0) is 16.1 Å². The minimum atomic E-state index is -0.897. The standard InChI is InChI=1S/C13H16BrNO4/c14-11(12(16)17)7-4-8-15-13(18)19-9-10-5-2-1-3-6-10/h1-3,5-6,11H,4,7-9H2,(H,15,18)(H,16,17). The largest absolute Gasteiger partial charge is 0.480 e. The Hall–Kier alpha value is -1.56. The van der Waals surface area contributed by atoms with Gasteiger partial charge in [0.2, 0.25) is 0 Å². The monoisotopic (exact) mass is 329 g/mol. The van der Waals surface area contributed by atoms with E-state index in [1.165, 1.54) is 0 Å². The van der Waals surface area contributed by atoms with Gasteiger partial charge >= 0.3 is 12.1 Å². The maximum absolute atomic E-state index is 11.3. The summed E-state index contributed by atoms with van der Waals surface area (Å²) in [7, 11) is 0. The maximum Gasteiger partial charge on any atom is 0.407 e. The van der Waals surface area contributed by atoms with Gasteiger partial charge < -0.3 is 15.2 Å². The fourth-order valence-corrected chi connectivity index (χ4v) is 1.69. The van der Waals surface area contributed by atoms with Crippen molar-refractivity contribution >= 4 is 28.0 Å². The van der Waals surface area contributed by atoms with Crippen molar-refractivity contribution in [2.45, 2.75) is 24.3 Å². The van der Waals surface area contributed by atoms with Crippen molar-refractivity contribution in [3.8, 4) is 0 Å². The van der Waals surface area contributed by atoms with Crippen molar-refractivity contribution in [1.29, 1.82) is 0 Å². The lowest BCUT2D eigenvalue weighted by molar-refractivity contribution is -0.136. The summed E-state index contributed by atoms with van der Waals surface area (Å²) in [6.07, 6.45) is 0.530. The van der Waals surface area contributed by atoms with E-state index in [1.54, 1.807) is 0 Å². The van der Waals surface area contributed by atoms with Crippen molar-refractivity contribution in [3.63, 3.8) is 0 Å². The van der Waals surface area contributed by atoms with Gasteiger partial charge in [0, 0.05) is 6.54 Å². The SMILES string of the molecule is O=C(NCCCC(Br)C(=O)O)OCc1ccccc1. The topological polar surface area (TPSA) is 75.6 Å². The Kier molecular flexibility index (Phi) is 6.95. The van der Waals surface area contributed by atoms with Crippen LogP contribution < -0.4 is 5.32 Å². The van der Waals surface area contributed by atoms with Gasteiger partial charge in [-0.2, -0.15) is 0 Å². The lowest BCUT2D eigenvalue weighted by atomic mass is 10.2. The molecule has 0 fully saturated rings. The molecule has 2 N–H and O–H groups in total. The first kappa shape index (κ1) is 15.5. The zero-order valence-electron chi connectivity index (χ0n) is 10.3. The van der Waals surface area contributed by atoms with E-state index >= 15 is 0 Å². The summed E-state index contributed by atoms with van der Waals surface area (Å²) in [4.78, 5) is 21.3. The number of halogens is 1. The van der Waals surface area contributed by atoms with E-state index in [9.17, 15) is 9.59 Å². The van der Waals surface area contributed by atoms with Crippen molar-refractivity contribution < 1.29 is 19.4 Å². The number of aliphatic carboxylic acids is 1. The molecule has 5 nitrogen and oxygen atoms in total. The summed E-state index contributed by atoms with van der Waals surface area (Å²) in [6.45, 7) is 0.617. The van der Waals surface area contributed by atoms with Crippen LogP contribution in [0.5, 0.6) is 0 Å². The molecule has 0 aromatic heterocycles. The molecule has 1 aromatic rings. The molecule has 1 rings (SSSR count). The second-order valence-electron chi connectivity index (χ2n) is 3.94. The van der Waals surface area contributed by atoms with Crippen LogP contribution in [0.4, 0.5) is 4.79 Å². The van der Waals surface area contributed by atoms with Gasteiger partial charge in [-0.25, -0.2) is 4.79 Å². The lowest BCUT2D eigenvalue weighted by Crippen LogP contribution is -2.26. The van der Waals surface area contributed by atoms with Crippen LogP contribution in [0.15, 0.2) is 30.3 Å². The van der Waals surface area contributed by atoms with Crippen LogP contribution in [-0.4, -0.2) is 28.5 Å². The fraction of sp³-hybridized carbons (Fsp3) is 0.385. The highest BCUT2D eigenvalue weighted by atomic mass is 79.9. The number of alkyl halides is 1. The van der Waals surface area contributed by atoms with Crippen LogP contribution in [0.3, 0.4) is 0 Å². The molecule has 1 amide bonds. The van der Waals surface area contributed by atoms with Gasteiger partial charge in [-0.15, -0.1) is 0 Å². The van der Waals surface area contributed by atoms with E-state index in [-0.39, 0.29) is 6.61 Å². The molecule has 0 aliphatic heterocycles. The van der Waals surface area contributed by atoms with Crippen LogP contribution in [0, 0.1) is 0 Å². The van der Waals surface area contributed by atoms with Crippen molar-refractivity contribution in [1.82, 2.24) is 5.32 Å². The summed E-state index contributed by atoms with van der Waals surface area (Å²) in [5.41, 5.74) is 0.920. The third-order valence-corrected chi connectivity index (χ3v) is 3.23. The third kappa shape index (κ3) is 6.81. The molecule has 1 aromatic carbocycles. The second kappa shape index (κ2) is 8.53. The van der Waals surface area contributed by atoms with Crippen molar-refractivity contribution in [3.05, 3.63) is 35.9 Å². The van der Waals surface area contributed by atoms with Gasteiger partial charge in [-0.1, -0.05) is 46.3 Å². The van der Waals surface area contributed by atoms with Gasteiger partial charge in [-0.05, 0) is 18.4 Å². The Bertz CT molecular complexity index is 410. The number of rotatable bonds is 7. The van der Waals surface area contributed by atoms with E-state index in [0.29, 0.717) is 19.4 Å². The quantitative estimate of drug-likeness (QED) is 0.595. The average molecular weight is 330 g/mol. The number of hydrogen-bond donors (Lipinski definition) is 2. The van der Waals surface area contributed by atoms with Crippen molar-refractivity contribution in [2.75, 3.05) is 6.54 Å². The molecule has 0 aliphatic carbocycles. The highest BCUT2D eigenvalue weighted by molar-refractivity contribution is 9.10. The zero-order valence-corrected chi connectivity index (χ0v) is 11.9. The van der Waals surface area contributed by atoms with Crippen LogP contribution in [0.1, 0.15) is 18.4 Å². The molecule has 6 heteroatoms. The molecule has 104 valence electrons. The number of nitrogens with one attached hydrogen (secondary N) is 1. The smallest absolute Gasteiger partial charge is 0.407 e. The summed E-state index contributed by atoms with van der Waals surface area (Å²) in [5.74, 6) is -0.897. The highest BCUT2D eigenvalue weighted by Gasteiger charge is 2.12. The molecule has 0 aliphatic rings. The van der Waals surface area contributed by atoms with E-state index in [1.807, 2.05) is 30.3 Å². The molecular formula is C13H16BrNO4. The van der Waals surface area contributed by atoms with E-state index in [0.717, 1.165) is 5.56 Å². The molecule has 0 spiro atoms. The Morgan fingerprint density at radius 2 is 2.00 bits per heavy atom. The summed E-state index contributed by atoms with van der Waals surface area (Å²) in [5, 5.41) is 11.2. The molecule has 0 bridgehead atoms. The summed E-state index contributed by atoms with van der Waals surface area (Å²) in [6, 6.07) is 9.38. The number of carbonyl (C=O) groups excluding carboxylic acids is 1. The number of carbonyl (C=O) groups is 2. The zero-order chi connectivity index (χ0) is 14.1. The number of hydrogen-bond acceptors (Lipinski definition) is 3. The normalized spacial score (nSPS) is 11.6. The van der Waals surface area contributed by atoms with Gasteiger partial charge in [0.15, 0.2) is 0 Å². The number of carboxylic acid groups (broad SMARTS) is 1. The molecule has 0 radical (unpaired) electrons. The van der Waals surface area contributed by atoms with Gasteiger partial charge in [-0.3, -0.25) is 4.79 Å². The van der Waals surface area contributed by atoms with Crippen molar-refractivity contribution in [2.24, 2.45) is 0 Å². The Morgan fingerprint density at radius 1 is 1.32 bits per heavy atom. The minimum absolute atomic E-state index is 0.225. The first-order chi connectivity index (χ1) is 9.09. The second-order valence-corrected chi connectivity index (χ2v) is 5.04. The molecule has 19 heavy (non-hydrogen) atoms. The number of ether oxygens (including phenoxy) is 1. The molecule has 0 heterocycles. The minimum Gasteiger partial charge on any atom is -0.480 e. The number of alkyl carbamates (subject to hydrolysis) is 1. The van der Waals surface area contributed by atoms with E-state index < -0.39 is 16.9 Å². The Labute approximate surface area is 120 Å². The molecule has 1 atom stereocenters. The Morgan fingerprint density at radius 3 is 2.63 bits per heavy atom. The van der Waals surface area contributed by atoms with Gasteiger partial charge in [0.25, 0.3) is 0 Å². The Balaban J connectivity index is 2.10. The predicted octanol–water partition coefficient (Wildman–Crippen LogP) is 2.54. The predicted molar refractivity (Wildman–Crippen MR) is 74.2 cm³/mol. The number of carboxylic acids is 1. The maximum atomic E-state index is 11.3. The third-order valence-electron chi connectivity index (χ3n) is 2.38. The number of amides is 1. The highest BCUT2D eigenvalue weighted by Crippen LogP contribution is 2.07. The van der Waals surface area contributed by atoms with Crippen LogP contribution in [0.25, 0.3) is 0 Å². The number of benzene rings is 1. The summed E-state index contributed by atoms with van der Waals surface area (Å²) < 4.78 is 5.00. The van der Waals surface area contributed by atoms with Gasteiger partial charge in [0.1, 0.15) is 11.4 Å². The van der Waals surface area contributed by atoms with Crippen LogP contribution in [0.2, 0.25) is 0 Å². The van der Waals surface area contributed by atoms with E-state index in [4.69, 9.17) is 9.84 Å². The molecule has 1 unspecified atom stereocenters. The first-order valence-electron chi connectivity index (χ1n) is 5.91. The lowest BCUT2D eigenvalue weighted by Gasteiger charge is -2.07. The molecule has 0 saturated heterocycles. The molecule has 0 saturated carbocycles. The van der Waals surface area contributed by atoms with Gasteiger partial charge in [0.05, 0.1) is 0 Å². The first-order valence-corrected chi connectivity index (χ1v) is 6.82. The van der Waals surface area contributed by atoms with E-state index in [2.05, 4.69) is 21.2 Å². The fourth-order valence-electron chi connectivity index (χ4n) is 1.37. The molecular weight excluding hydrogens is 314 g/mol.